The molecule has 0 aromatic carbocycles. The van der Waals surface area contributed by atoms with Crippen LogP contribution in [-0.2, 0) is 11.2 Å². The van der Waals surface area contributed by atoms with Gasteiger partial charge in [-0.05, 0) is 30.6 Å². The SMILES string of the molecule is CC(=O)N1C[C@H](C)C2(CC2)C[C@H]1c1cc(CCC#N)on1. The number of piperidine rings is 1. The summed E-state index contributed by atoms with van der Waals surface area (Å²) in [6.45, 7) is 4.68. The highest BCUT2D eigenvalue weighted by atomic mass is 16.5. The Morgan fingerprint density at radius 2 is 2.38 bits per heavy atom. The lowest BCUT2D eigenvalue weighted by Crippen LogP contribution is -2.45. The second-order valence-electron chi connectivity index (χ2n) is 6.53. The van der Waals surface area contributed by atoms with E-state index in [9.17, 15) is 4.79 Å². The van der Waals surface area contributed by atoms with Crippen molar-refractivity contribution in [1.82, 2.24) is 10.1 Å². The van der Waals surface area contributed by atoms with Crippen LogP contribution in [0.4, 0.5) is 0 Å². The molecule has 1 aromatic rings. The molecule has 1 amide bonds. The standard InChI is InChI=1S/C16H21N3O2/c1-11-10-19(12(2)20)15(9-16(11)5-6-16)14-8-13(21-18-14)4-3-7-17/h8,11,15H,3-6,9-10H2,1-2H3/t11-,15-/m0/s1. The highest BCUT2D eigenvalue weighted by Gasteiger charge is 2.53. The van der Waals surface area contributed by atoms with Crippen LogP contribution in [0.5, 0.6) is 0 Å². The van der Waals surface area contributed by atoms with Crippen molar-refractivity contribution in [3.8, 4) is 6.07 Å². The van der Waals surface area contributed by atoms with Gasteiger partial charge >= 0.3 is 0 Å². The van der Waals surface area contributed by atoms with E-state index >= 15 is 0 Å². The molecule has 1 saturated carbocycles. The minimum Gasteiger partial charge on any atom is -0.361 e. The van der Waals surface area contributed by atoms with E-state index in [1.165, 1.54) is 12.8 Å². The van der Waals surface area contributed by atoms with Crippen LogP contribution in [0.2, 0.25) is 0 Å². The van der Waals surface area contributed by atoms with Gasteiger partial charge in [0.25, 0.3) is 0 Å². The Bertz CT molecular complexity index is 583. The van der Waals surface area contributed by atoms with Crippen molar-refractivity contribution in [2.75, 3.05) is 6.54 Å². The van der Waals surface area contributed by atoms with Gasteiger partial charge in [0.15, 0.2) is 0 Å². The van der Waals surface area contributed by atoms with Crippen LogP contribution in [0.25, 0.3) is 0 Å². The molecule has 2 fully saturated rings. The summed E-state index contributed by atoms with van der Waals surface area (Å²) in [5, 5.41) is 12.8. The Labute approximate surface area is 124 Å². The number of rotatable bonds is 3. The number of nitrogens with zero attached hydrogens (tertiary/aromatic N) is 3. The molecule has 1 aliphatic carbocycles. The van der Waals surface area contributed by atoms with Gasteiger partial charge in [0.1, 0.15) is 11.5 Å². The summed E-state index contributed by atoms with van der Waals surface area (Å²) >= 11 is 0. The summed E-state index contributed by atoms with van der Waals surface area (Å²) < 4.78 is 5.32. The van der Waals surface area contributed by atoms with Gasteiger partial charge in [-0.3, -0.25) is 4.79 Å². The molecule has 5 nitrogen and oxygen atoms in total. The first-order chi connectivity index (χ1) is 10.1. The molecule has 1 aromatic heterocycles. The second kappa shape index (κ2) is 5.18. The molecule has 1 aliphatic heterocycles. The van der Waals surface area contributed by atoms with Crippen molar-refractivity contribution in [3.63, 3.8) is 0 Å². The lowest BCUT2D eigenvalue weighted by Gasteiger charge is -2.42. The fraction of sp³-hybridized carbons (Fsp3) is 0.688. The molecule has 2 heterocycles. The smallest absolute Gasteiger partial charge is 0.220 e. The van der Waals surface area contributed by atoms with E-state index in [0.29, 0.717) is 24.2 Å². The van der Waals surface area contributed by atoms with E-state index in [1.54, 1.807) is 6.92 Å². The van der Waals surface area contributed by atoms with Gasteiger partial charge in [0.05, 0.1) is 12.1 Å². The lowest BCUT2D eigenvalue weighted by atomic mass is 9.79. The second-order valence-corrected chi connectivity index (χ2v) is 6.53. The minimum atomic E-state index is 0.0285. The largest absolute Gasteiger partial charge is 0.361 e. The van der Waals surface area contributed by atoms with E-state index in [4.69, 9.17) is 9.78 Å². The van der Waals surface area contributed by atoms with Gasteiger partial charge in [-0.25, -0.2) is 0 Å². The molecule has 3 rings (SSSR count). The van der Waals surface area contributed by atoms with E-state index < -0.39 is 0 Å². The Balaban J connectivity index is 1.82. The lowest BCUT2D eigenvalue weighted by molar-refractivity contribution is -0.135. The van der Waals surface area contributed by atoms with Crippen LogP contribution in [-0.4, -0.2) is 22.5 Å². The van der Waals surface area contributed by atoms with Crippen LogP contribution >= 0.6 is 0 Å². The molecule has 21 heavy (non-hydrogen) atoms. The Kier molecular flexibility index (Phi) is 3.48. The van der Waals surface area contributed by atoms with Gasteiger partial charge in [-0.1, -0.05) is 12.1 Å². The molecule has 112 valence electrons. The summed E-state index contributed by atoms with van der Waals surface area (Å²) in [5.74, 6) is 1.39. The molecular formula is C16H21N3O2. The average Bonchev–Trinajstić information content (AvgIpc) is 3.07. The maximum absolute atomic E-state index is 12.0. The zero-order chi connectivity index (χ0) is 15.0. The molecule has 2 aliphatic rings. The zero-order valence-electron chi connectivity index (χ0n) is 12.6. The van der Waals surface area contributed by atoms with Crippen molar-refractivity contribution in [1.29, 1.82) is 5.26 Å². The summed E-state index contributed by atoms with van der Waals surface area (Å²) in [5.41, 5.74) is 1.25. The van der Waals surface area contributed by atoms with Gasteiger partial charge in [0.2, 0.25) is 5.91 Å². The monoisotopic (exact) mass is 287 g/mol. The molecule has 5 heteroatoms. The topological polar surface area (TPSA) is 70.1 Å². The fourth-order valence-electron chi connectivity index (χ4n) is 3.57. The molecule has 0 unspecified atom stereocenters. The third kappa shape index (κ3) is 2.55. The van der Waals surface area contributed by atoms with Gasteiger partial charge in [-0.2, -0.15) is 5.26 Å². The predicted octanol–water partition coefficient (Wildman–Crippen LogP) is 2.84. The quantitative estimate of drug-likeness (QED) is 0.857. The average molecular weight is 287 g/mol. The fourth-order valence-corrected chi connectivity index (χ4v) is 3.57. The van der Waals surface area contributed by atoms with E-state index in [-0.39, 0.29) is 11.9 Å². The maximum atomic E-state index is 12.0. The van der Waals surface area contributed by atoms with Crippen LogP contribution in [0.3, 0.4) is 0 Å². The molecule has 0 bridgehead atoms. The highest BCUT2D eigenvalue weighted by molar-refractivity contribution is 5.74. The van der Waals surface area contributed by atoms with E-state index in [1.807, 2.05) is 11.0 Å². The molecule has 0 radical (unpaired) electrons. The highest BCUT2D eigenvalue weighted by Crippen LogP contribution is 2.60. The molecule has 1 saturated heterocycles. The molecular weight excluding hydrogens is 266 g/mol. The number of hydrogen-bond acceptors (Lipinski definition) is 4. The first-order valence-corrected chi connectivity index (χ1v) is 7.65. The third-order valence-corrected chi connectivity index (χ3v) is 5.19. The maximum Gasteiger partial charge on any atom is 0.220 e. The van der Waals surface area contributed by atoms with Gasteiger partial charge in [0, 0.05) is 32.4 Å². The van der Waals surface area contributed by atoms with Crippen LogP contribution < -0.4 is 0 Å². The normalized spacial score (nSPS) is 26.6. The number of carbonyl (C=O) groups excluding carboxylic acids is 1. The van der Waals surface area contributed by atoms with Crippen molar-refractivity contribution in [3.05, 3.63) is 17.5 Å². The number of amides is 1. The van der Waals surface area contributed by atoms with Crippen LogP contribution in [0.15, 0.2) is 10.6 Å². The first kappa shape index (κ1) is 14.1. The van der Waals surface area contributed by atoms with Crippen LogP contribution in [0, 0.1) is 22.7 Å². The summed E-state index contributed by atoms with van der Waals surface area (Å²) in [7, 11) is 0. The number of hydrogen-bond donors (Lipinski definition) is 0. The van der Waals surface area contributed by atoms with E-state index in [2.05, 4.69) is 18.1 Å². The third-order valence-electron chi connectivity index (χ3n) is 5.19. The number of aryl methyl sites for hydroxylation is 1. The van der Waals surface area contributed by atoms with Crippen LogP contribution in [0.1, 0.15) is 57.0 Å². The zero-order valence-corrected chi connectivity index (χ0v) is 12.6. The van der Waals surface area contributed by atoms with Crippen molar-refractivity contribution in [2.24, 2.45) is 11.3 Å². The Morgan fingerprint density at radius 3 is 3.00 bits per heavy atom. The Morgan fingerprint density at radius 1 is 1.62 bits per heavy atom. The Hall–Kier alpha value is -1.83. The molecule has 0 N–H and O–H groups in total. The molecule has 2 atom stereocenters. The number of aromatic nitrogens is 1. The predicted molar refractivity (Wildman–Crippen MR) is 76.0 cm³/mol. The number of likely N-dealkylation sites (tertiary alicyclic amines) is 1. The van der Waals surface area contributed by atoms with Crippen molar-refractivity contribution < 1.29 is 9.32 Å². The van der Waals surface area contributed by atoms with E-state index in [0.717, 1.165) is 24.4 Å². The summed E-state index contributed by atoms with van der Waals surface area (Å²) in [6, 6.07) is 4.06. The summed E-state index contributed by atoms with van der Waals surface area (Å²) in [6.07, 6.45) is 4.51. The van der Waals surface area contributed by atoms with Gasteiger partial charge in [-0.15, -0.1) is 0 Å². The number of nitriles is 1. The minimum absolute atomic E-state index is 0.0285. The first-order valence-electron chi connectivity index (χ1n) is 7.65. The van der Waals surface area contributed by atoms with Crippen molar-refractivity contribution in [2.45, 2.75) is 52.0 Å². The number of carbonyl (C=O) groups is 1. The van der Waals surface area contributed by atoms with Gasteiger partial charge < -0.3 is 9.42 Å². The van der Waals surface area contributed by atoms with Crippen molar-refractivity contribution >= 4 is 5.91 Å². The molecule has 1 spiro atoms. The summed E-state index contributed by atoms with van der Waals surface area (Å²) in [4.78, 5) is 13.9.